The topological polar surface area (TPSA) is 46.6 Å². The minimum Gasteiger partial charge on any atom is -0.377 e. The third-order valence-electron chi connectivity index (χ3n) is 2.66. The van der Waals surface area contributed by atoms with Gasteiger partial charge in [-0.2, -0.15) is 0 Å². The van der Waals surface area contributed by atoms with E-state index in [1.165, 1.54) is 0 Å². The summed E-state index contributed by atoms with van der Waals surface area (Å²) in [5.74, 6) is -0.427. The van der Waals surface area contributed by atoms with Crippen molar-refractivity contribution < 1.29 is 14.3 Å². The molecule has 1 aliphatic rings. The number of carbonyl (C=O) groups excluding carboxylic acids is 2. The highest BCUT2D eigenvalue weighted by Crippen LogP contribution is 2.19. The van der Waals surface area contributed by atoms with Crippen molar-refractivity contribution in [3.8, 4) is 0 Å². The van der Waals surface area contributed by atoms with Crippen LogP contribution in [0, 0.1) is 0 Å². The van der Waals surface area contributed by atoms with Crippen molar-refractivity contribution in [2.75, 3.05) is 24.7 Å². The lowest BCUT2D eigenvalue weighted by atomic mass is 10.1. The zero-order valence-electron chi connectivity index (χ0n) is 8.83. The molecular formula is C12H13NO3. The highest BCUT2D eigenvalue weighted by atomic mass is 16.5. The van der Waals surface area contributed by atoms with Gasteiger partial charge in [0.1, 0.15) is 6.04 Å². The highest BCUT2D eigenvalue weighted by Gasteiger charge is 2.28. The van der Waals surface area contributed by atoms with Crippen LogP contribution in [-0.2, 0) is 14.3 Å². The van der Waals surface area contributed by atoms with Crippen molar-refractivity contribution >= 4 is 17.8 Å². The number of nitrogens with zero attached hydrogens (tertiary/aromatic N) is 1. The molecule has 0 aliphatic carbocycles. The van der Waals surface area contributed by atoms with Crippen molar-refractivity contribution in [3.05, 3.63) is 30.3 Å². The molecule has 0 spiro atoms. The fraction of sp³-hybridized carbons (Fsp3) is 0.333. The van der Waals surface area contributed by atoms with Crippen LogP contribution in [0.1, 0.15) is 0 Å². The van der Waals surface area contributed by atoms with Crippen LogP contribution in [0.4, 0.5) is 5.69 Å². The molecule has 0 radical (unpaired) electrons. The molecule has 0 bridgehead atoms. The second-order valence-electron chi connectivity index (χ2n) is 3.64. The smallest absolute Gasteiger partial charge is 0.219 e. The van der Waals surface area contributed by atoms with E-state index < -0.39 is 11.8 Å². The molecule has 4 nitrogen and oxygen atoms in total. The summed E-state index contributed by atoms with van der Waals surface area (Å²) in [5.41, 5.74) is 0.950. The quantitative estimate of drug-likeness (QED) is 0.553. The van der Waals surface area contributed by atoms with Crippen LogP contribution in [0.15, 0.2) is 30.3 Å². The number of rotatable bonds is 3. The van der Waals surface area contributed by atoms with Gasteiger partial charge >= 0.3 is 0 Å². The van der Waals surface area contributed by atoms with E-state index in [-0.39, 0.29) is 6.61 Å². The number of benzene rings is 1. The van der Waals surface area contributed by atoms with Gasteiger partial charge in [-0.25, -0.2) is 0 Å². The predicted molar refractivity (Wildman–Crippen MR) is 59.5 cm³/mol. The summed E-state index contributed by atoms with van der Waals surface area (Å²) in [6.45, 7) is 1.50. The summed E-state index contributed by atoms with van der Waals surface area (Å²) in [5, 5.41) is 0. The zero-order chi connectivity index (χ0) is 11.4. The fourth-order valence-electron chi connectivity index (χ4n) is 1.85. The Morgan fingerprint density at radius 1 is 1.38 bits per heavy atom. The summed E-state index contributed by atoms with van der Waals surface area (Å²) in [6, 6.07) is 9.11. The normalized spacial score (nSPS) is 20.5. The van der Waals surface area contributed by atoms with Gasteiger partial charge in [-0.3, -0.25) is 9.59 Å². The molecule has 0 saturated carbocycles. The maximum absolute atomic E-state index is 11.5. The number of ketones is 1. The molecule has 1 unspecified atom stereocenters. The number of hydrogen-bond donors (Lipinski definition) is 0. The van der Waals surface area contributed by atoms with Crippen molar-refractivity contribution in [1.82, 2.24) is 0 Å². The number of hydrogen-bond acceptors (Lipinski definition) is 4. The molecule has 84 valence electrons. The zero-order valence-corrected chi connectivity index (χ0v) is 8.83. The molecule has 0 N–H and O–H groups in total. The number of morpholine rings is 1. The van der Waals surface area contributed by atoms with E-state index in [1.807, 2.05) is 35.2 Å². The molecule has 1 heterocycles. The standard InChI is InChI=1S/C12H13NO3/c14-8-12(15)11-9-16-7-6-13(11)10-4-2-1-3-5-10/h1-5,8,11H,6-7,9H2. The van der Waals surface area contributed by atoms with E-state index in [0.29, 0.717) is 19.4 Å². The maximum atomic E-state index is 11.5. The second kappa shape index (κ2) is 4.90. The highest BCUT2D eigenvalue weighted by molar-refractivity contribution is 6.28. The Balaban J connectivity index is 2.23. The Bertz CT molecular complexity index is 377. The third-order valence-corrected chi connectivity index (χ3v) is 2.66. The predicted octanol–water partition coefficient (Wildman–Crippen LogP) is 0.660. The third kappa shape index (κ3) is 2.12. The van der Waals surface area contributed by atoms with Gasteiger partial charge in [-0.05, 0) is 12.1 Å². The van der Waals surface area contributed by atoms with Gasteiger partial charge in [0.2, 0.25) is 5.78 Å². The summed E-state index contributed by atoms with van der Waals surface area (Å²) >= 11 is 0. The number of para-hydroxylation sites is 1. The van der Waals surface area contributed by atoms with Crippen LogP contribution in [-0.4, -0.2) is 37.9 Å². The first-order valence-corrected chi connectivity index (χ1v) is 5.21. The van der Waals surface area contributed by atoms with Crippen molar-refractivity contribution in [1.29, 1.82) is 0 Å². The van der Waals surface area contributed by atoms with Gasteiger partial charge in [-0.1, -0.05) is 18.2 Å². The Labute approximate surface area is 93.8 Å². The molecular weight excluding hydrogens is 206 g/mol. The van der Waals surface area contributed by atoms with Crippen LogP contribution < -0.4 is 4.90 Å². The lowest BCUT2D eigenvalue weighted by molar-refractivity contribution is -0.132. The molecule has 1 saturated heterocycles. The Morgan fingerprint density at radius 3 is 2.81 bits per heavy atom. The molecule has 4 heteroatoms. The minimum absolute atomic E-state index is 0.284. The molecule has 16 heavy (non-hydrogen) atoms. The Kier molecular flexibility index (Phi) is 3.31. The van der Waals surface area contributed by atoms with E-state index in [0.717, 1.165) is 5.69 Å². The van der Waals surface area contributed by atoms with Crippen molar-refractivity contribution in [2.24, 2.45) is 0 Å². The first-order chi connectivity index (χ1) is 7.83. The minimum atomic E-state index is -0.478. The molecule has 0 aromatic heterocycles. The number of aldehydes is 1. The largest absolute Gasteiger partial charge is 0.377 e. The average Bonchev–Trinajstić information content (AvgIpc) is 2.39. The van der Waals surface area contributed by atoms with E-state index in [2.05, 4.69) is 0 Å². The van der Waals surface area contributed by atoms with Crippen LogP contribution >= 0.6 is 0 Å². The van der Waals surface area contributed by atoms with Gasteiger partial charge in [0, 0.05) is 12.2 Å². The lowest BCUT2D eigenvalue weighted by Gasteiger charge is -2.35. The Morgan fingerprint density at radius 2 is 2.12 bits per heavy atom. The summed E-state index contributed by atoms with van der Waals surface area (Å²) in [6.07, 6.45) is 0.370. The lowest BCUT2D eigenvalue weighted by Crippen LogP contribution is -2.50. The van der Waals surface area contributed by atoms with E-state index in [9.17, 15) is 9.59 Å². The number of Topliss-reactive ketones (excluding diaryl/α,β-unsaturated/α-hetero) is 1. The molecule has 1 aliphatic heterocycles. The van der Waals surface area contributed by atoms with Crippen molar-refractivity contribution in [2.45, 2.75) is 6.04 Å². The molecule has 1 aromatic rings. The van der Waals surface area contributed by atoms with Crippen LogP contribution in [0.5, 0.6) is 0 Å². The first kappa shape index (κ1) is 10.8. The summed E-state index contributed by atoms with van der Waals surface area (Å²) in [4.78, 5) is 23.9. The van der Waals surface area contributed by atoms with Gasteiger partial charge < -0.3 is 9.64 Å². The monoisotopic (exact) mass is 219 g/mol. The molecule has 2 rings (SSSR count). The molecule has 1 atom stereocenters. The molecule has 0 amide bonds. The maximum Gasteiger partial charge on any atom is 0.219 e. The molecule has 1 fully saturated rings. The fourth-order valence-corrected chi connectivity index (χ4v) is 1.85. The number of carbonyl (C=O) groups is 2. The Hall–Kier alpha value is -1.68. The summed E-state index contributed by atoms with van der Waals surface area (Å²) in [7, 11) is 0. The van der Waals surface area contributed by atoms with Crippen molar-refractivity contribution in [3.63, 3.8) is 0 Å². The van der Waals surface area contributed by atoms with Crippen LogP contribution in [0.3, 0.4) is 0 Å². The SMILES string of the molecule is O=CC(=O)C1COCCN1c1ccccc1. The van der Waals surface area contributed by atoms with Gasteiger partial charge in [0.25, 0.3) is 0 Å². The number of anilines is 1. The first-order valence-electron chi connectivity index (χ1n) is 5.21. The number of ether oxygens (including phenoxy) is 1. The van der Waals surface area contributed by atoms with E-state index in [1.54, 1.807) is 0 Å². The van der Waals surface area contributed by atoms with Crippen LogP contribution in [0.2, 0.25) is 0 Å². The van der Waals surface area contributed by atoms with Gasteiger partial charge in [-0.15, -0.1) is 0 Å². The average molecular weight is 219 g/mol. The van der Waals surface area contributed by atoms with Gasteiger partial charge in [0.05, 0.1) is 13.2 Å². The van der Waals surface area contributed by atoms with E-state index in [4.69, 9.17) is 4.74 Å². The summed E-state index contributed by atoms with van der Waals surface area (Å²) < 4.78 is 5.24. The van der Waals surface area contributed by atoms with Crippen LogP contribution in [0.25, 0.3) is 0 Å². The van der Waals surface area contributed by atoms with E-state index >= 15 is 0 Å². The molecule has 1 aromatic carbocycles. The second-order valence-corrected chi connectivity index (χ2v) is 3.64. The van der Waals surface area contributed by atoms with Gasteiger partial charge in [0.15, 0.2) is 6.29 Å².